The molecule has 1 heterocycles. The predicted molar refractivity (Wildman–Crippen MR) is 76.7 cm³/mol. The lowest BCUT2D eigenvalue weighted by molar-refractivity contribution is 0.546. The van der Waals surface area contributed by atoms with Crippen molar-refractivity contribution in [2.45, 2.75) is 57.5 Å². The molecule has 1 aliphatic rings. The van der Waals surface area contributed by atoms with Crippen LogP contribution in [0.1, 0.15) is 57.1 Å². The van der Waals surface area contributed by atoms with Crippen LogP contribution >= 0.6 is 0 Å². The molecular formula is C15H25N3. The van der Waals surface area contributed by atoms with Crippen LogP contribution in [0.15, 0.2) is 18.3 Å². The van der Waals surface area contributed by atoms with Crippen LogP contribution in [0.4, 0.5) is 5.82 Å². The van der Waals surface area contributed by atoms with Gasteiger partial charge in [0.05, 0.1) is 0 Å². The van der Waals surface area contributed by atoms with Gasteiger partial charge in [-0.25, -0.2) is 4.98 Å². The van der Waals surface area contributed by atoms with Crippen LogP contribution in [0.25, 0.3) is 0 Å². The van der Waals surface area contributed by atoms with Gasteiger partial charge in [-0.15, -0.1) is 0 Å². The van der Waals surface area contributed by atoms with Gasteiger partial charge in [0.1, 0.15) is 5.82 Å². The number of rotatable bonds is 3. The zero-order valence-electron chi connectivity index (χ0n) is 11.6. The average molecular weight is 247 g/mol. The van der Waals surface area contributed by atoms with E-state index in [1.54, 1.807) is 0 Å². The Hall–Kier alpha value is -1.09. The molecule has 1 aromatic heterocycles. The Kier molecular flexibility index (Phi) is 4.59. The molecule has 0 unspecified atom stereocenters. The fraction of sp³-hybridized carbons (Fsp3) is 0.667. The molecule has 0 spiro atoms. The van der Waals surface area contributed by atoms with E-state index in [0.29, 0.717) is 6.04 Å². The molecule has 1 aliphatic carbocycles. The molecule has 3 nitrogen and oxygen atoms in total. The highest BCUT2D eigenvalue weighted by Gasteiger charge is 2.20. The van der Waals surface area contributed by atoms with E-state index in [1.165, 1.54) is 38.5 Å². The lowest BCUT2D eigenvalue weighted by Crippen LogP contribution is -2.33. The molecule has 2 N–H and O–H groups in total. The highest BCUT2D eigenvalue weighted by molar-refractivity contribution is 5.48. The molecule has 1 saturated carbocycles. The van der Waals surface area contributed by atoms with Crippen LogP contribution in [0.5, 0.6) is 0 Å². The molecule has 1 atom stereocenters. The minimum absolute atomic E-state index is 0.0435. The maximum Gasteiger partial charge on any atom is 0.133 e. The fourth-order valence-corrected chi connectivity index (χ4v) is 2.88. The largest absolute Gasteiger partial charge is 0.356 e. The SMILES string of the molecule is C[C@H](N)c1cccnc1N(C)C1CCCCCC1. The van der Waals surface area contributed by atoms with Crippen molar-refractivity contribution in [1.82, 2.24) is 4.98 Å². The van der Waals surface area contributed by atoms with Crippen LogP contribution < -0.4 is 10.6 Å². The third-order valence-corrected chi connectivity index (χ3v) is 4.01. The third-order valence-electron chi connectivity index (χ3n) is 4.01. The van der Waals surface area contributed by atoms with E-state index < -0.39 is 0 Å². The topological polar surface area (TPSA) is 42.1 Å². The van der Waals surface area contributed by atoms with E-state index in [1.807, 2.05) is 19.2 Å². The lowest BCUT2D eigenvalue weighted by atomic mass is 10.1. The number of hydrogen-bond acceptors (Lipinski definition) is 3. The Bertz CT molecular complexity index is 368. The zero-order chi connectivity index (χ0) is 13.0. The number of hydrogen-bond donors (Lipinski definition) is 1. The standard InChI is InChI=1S/C15H25N3/c1-12(16)14-10-7-11-17-15(14)18(2)13-8-5-3-4-6-9-13/h7,10-13H,3-6,8-9,16H2,1-2H3/t12-/m0/s1. The number of nitrogens with two attached hydrogens (primary N) is 1. The van der Waals surface area contributed by atoms with Crippen LogP contribution in [0.3, 0.4) is 0 Å². The molecule has 0 bridgehead atoms. The summed E-state index contributed by atoms with van der Waals surface area (Å²) in [5.74, 6) is 1.07. The van der Waals surface area contributed by atoms with E-state index >= 15 is 0 Å². The van der Waals surface area contributed by atoms with Gasteiger partial charge in [0.2, 0.25) is 0 Å². The predicted octanol–water partition coefficient (Wildman–Crippen LogP) is 3.26. The Morgan fingerprint density at radius 2 is 1.94 bits per heavy atom. The molecule has 3 heteroatoms. The van der Waals surface area contributed by atoms with E-state index in [-0.39, 0.29) is 6.04 Å². The first-order valence-corrected chi connectivity index (χ1v) is 7.13. The first-order valence-electron chi connectivity index (χ1n) is 7.13. The summed E-state index contributed by atoms with van der Waals surface area (Å²) in [4.78, 5) is 6.90. The summed E-state index contributed by atoms with van der Waals surface area (Å²) in [6.07, 6.45) is 9.88. The summed E-state index contributed by atoms with van der Waals surface area (Å²) in [5.41, 5.74) is 7.20. The second kappa shape index (κ2) is 6.19. The van der Waals surface area contributed by atoms with E-state index in [2.05, 4.69) is 23.0 Å². The van der Waals surface area contributed by atoms with E-state index in [4.69, 9.17) is 5.73 Å². The monoisotopic (exact) mass is 247 g/mol. The minimum Gasteiger partial charge on any atom is -0.356 e. The van der Waals surface area contributed by atoms with Gasteiger partial charge in [0, 0.05) is 30.9 Å². The average Bonchev–Trinajstić information content (AvgIpc) is 2.66. The Morgan fingerprint density at radius 3 is 2.56 bits per heavy atom. The van der Waals surface area contributed by atoms with Crippen LogP contribution in [0.2, 0.25) is 0 Å². The molecule has 1 aromatic rings. The van der Waals surface area contributed by atoms with Crippen molar-refractivity contribution >= 4 is 5.82 Å². The van der Waals surface area contributed by atoms with Crippen molar-refractivity contribution < 1.29 is 0 Å². The van der Waals surface area contributed by atoms with Gasteiger partial charge < -0.3 is 10.6 Å². The van der Waals surface area contributed by atoms with Gasteiger partial charge >= 0.3 is 0 Å². The fourth-order valence-electron chi connectivity index (χ4n) is 2.88. The van der Waals surface area contributed by atoms with Gasteiger partial charge in [-0.1, -0.05) is 31.7 Å². The quantitative estimate of drug-likeness (QED) is 0.834. The maximum absolute atomic E-state index is 6.05. The lowest BCUT2D eigenvalue weighted by Gasteiger charge is -2.30. The summed E-state index contributed by atoms with van der Waals surface area (Å²) in [6, 6.07) is 4.74. The Labute approximate surface area is 110 Å². The first-order chi connectivity index (χ1) is 8.70. The summed E-state index contributed by atoms with van der Waals surface area (Å²) in [6.45, 7) is 2.03. The minimum atomic E-state index is 0.0435. The van der Waals surface area contributed by atoms with Crippen molar-refractivity contribution in [2.24, 2.45) is 5.73 Å². The Morgan fingerprint density at radius 1 is 1.28 bits per heavy atom. The van der Waals surface area contributed by atoms with E-state index in [9.17, 15) is 0 Å². The van der Waals surface area contributed by atoms with Crippen molar-refractivity contribution in [1.29, 1.82) is 0 Å². The van der Waals surface area contributed by atoms with E-state index in [0.717, 1.165) is 11.4 Å². The number of anilines is 1. The summed E-state index contributed by atoms with van der Waals surface area (Å²) in [5, 5.41) is 0. The maximum atomic E-state index is 6.05. The van der Waals surface area contributed by atoms with Crippen LogP contribution in [-0.4, -0.2) is 18.1 Å². The smallest absolute Gasteiger partial charge is 0.133 e. The molecule has 2 rings (SSSR count). The normalized spacial score (nSPS) is 19.3. The zero-order valence-corrected chi connectivity index (χ0v) is 11.6. The number of aromatic nitrogens is 1. The molecule has 18 heavy (non-hydrogen) atoms. The number of pyridine rings is 1. The highest BCUT2D eigenvalue weighted by Crippen LogP contribution is 2.28. The van der Waals surface area contributed by atoms with Gasteiger partial charge in [0.25, 0.3) is 0 Å². The van der Waals surface area contributed by atoms with Crippen LogP contribution in [-0.2, 0) is 0 Å². The molecule has 0 saturated heterocycles. The van der Waals surface area contributed by atoms with Crippen molar-refractivity contribution in [3.8, 4) is 0 Å². The molecular weight excluding hydrogens is 222 g/mol. The Balaban J connectivity index is 2.19. The number of nitrogens with zero attached hydrogens (tertiary/aromatic N) is 2. The molecule has 0 aliphatic heterocycles. The molecule has 0 aromatic carbocycles. The molecule has 1 fully saturated rings. The summed E-state index contributed by atoms with van der Waals surface area (Å²) < 4.78 is 0. The highest BCUT2D eigenvalue weighted by atomic mass is 15.2. The molecule has 0 radical (unpaired) electrons. The third kappa shape index (κ3) is 3.02. The second-order valence-electron chi connectivity index (χ2n) is 5.46. The van der Waals surface area contributed by atoms with Gasteiger partial charge in [-0.05, 0) is 25.8 Å². The van der Waals surface area contributed by atoms with Crippen molar-refractivity contribution in [2.75, 3.05) is 11.9 Å². The van der Waals surface area contributed by atoms with Gasteiger partial charge in [-0.2, -0.15) is 0 Å². The van der Waals surface area contributed by atoms with Crippen LogP contribution in [0, 0.1) is 0 Å². The van der Waals surface area contributed by atoms with Gasteiger partial charge in [0.15, 0.2) is 0 Å². The molecule has 100 valence electrons. The first kappa shape index (κ1) is 13.3. The summed E-state index contributed by atoms with van der Waals surface area (Å²) >= 11 is 0. The second-order valence-corrected chi connectivity index (χ2v) is 5.46. The van der Waals surface area contributed by atoms with Crippen molar-refractivity contribution in [3.63, 3.8) is 0 Å². The van der Waals surface area contributed by atoms with Crippen molar-refractivity contribution in [3.05, 3.63) is 23.9 Å². The van der Waals surface area contributed by atoms with Gasteiger partial charge in [-0.3, -0.25) is 0 Å². The summed E-state index contributed by atoms with van der Waals surface area (Å²) in [7, 11) is 2.17. The molecule has 0 amide bonds.